The van der Waals surface area contributed by atoms with Crippen molar-refractivity contribution in [2.75, 3.05) is 0 Å². The maximum atomic E-state index is 11.3. The summed E-state index contributed by atoms with van der Waals surface area (Å²) in [5.74, 6) is 0. The Labute approximate surface area is 96.8 Å². The van der Waals surface area contributed by atoms with Gasteiger partial charge in [-0.1, -0.05) is 11.5 Å². The molecule has 1 aromatic heterocycles. The van der Waals surface area contributed by atoms with Gasteiger partial charge >= 0.3 is 6.09 Å². The van der Waals surface area contributed by atoms with Crippen LogP contribution < -0.4 is 10.8 Å². The summed E-state index contributed by atoms with van der Waals surface area (Å²) in [6.45, 7) is 5.87. The average molecular weight is 220 g/mol. The Morgan fingerprint density at radius 1 is 1.50 bits per heavy atom. The van der Waals surface area contributed by atoms with E-state index < -0.39 is 11.7 Å². The summed E-state index contributed by atoms with van der Waals surface area (Å²) in [4.78, 5) is 15.5. The first-order chi connectivity index (χ1) is 7.37. The van der Waals surface area contributed by atoms with Crippen molar-refractivity contribution in [1.82, 2.24) is 10.3 Å². The molecule has 0 aliphatic heterocycles. The third-order valence-corrected chi connectivity index (χ3v) is 1.79. The number of aromatic nitrogens is 1. The summed E-state index contributed by atoms with van der Waals surface area (Å²) in [6, 6.07) is 3.84. The van der Waals surface area contributed by atoms with Gasteiger partial charge in [-0.3, -0.25) is 4.98 Å². The Morgan fingerprint density at radius 2 is 2.19 bits per heavy atom. The molecule has 1 amide bonds. The number of pyridine rings is 1. The molecule has 0 bridgehead atoms. The molecule has 0 fully saturated rings. The maximum Gasteiger partial charge on any atom is 0.407 e. The second kappa shape index (κ2) is 5.01. The molecular weight excluding hydrogens is 203 g/mol. The zero-order valence-electron chi connectivity index (χ0n) is 10.2. The van der Waals surface area contributed by atoms with Crippen molar-refractivity contribution in [3.05, 3.63) is 24.0 Å². The van der Waals surface area contributed by atoms with Crippen LogP contribution in [0.4, 0.5) is 4.79 Å². The van der Waals surface area contributed by atoms with E-state index in [2.05, 4.69) is 10.3 Å². The molecule has 0 atom stereocenters. The normalized spacial score (nSPS) is 10.9. The lowest BCUT2D eigenvalue weighted by molar-refractivity contribution is 0.0523. The molecular formula is C11H17BN2O2. The Morgan fingerprint density at radius 3 is 2.69 bits per heavy atom. The molecule has 0 spiro atoms. The van der Waals surface area contributed by atoms with E-state index in [0.717, 1.165) is 11.2 Å². The fourth-order valence-electron chi connectivity index (χ4n) is 1.08. The number of ether oxygens (including phenoxy) is 1. The van der Waals surface area contributed by atoms with Crippen LogP contribution in [0.5, 0.6) is 0 Å². The molecule has 0 radical (unpaired) electrons. The number of amides is 1. The van der Waals surface area contributed by atoms with Crippen LogP contribution in [0.25, 0.3) is 0 Å². The topological polar surface area (TPSA) is 51.2 Å². The van der Waals surface area contributed by atoms with E-state index in [-0.39, 0.29) is 0 Å². The predicted molar refractivity (Wildman–Crippen MR) is 65.5 cm³/mol. The zero-order valence-corrected chi connectivity index (χ0v) is 10.2. The highest BCUT2D eigenvalue weighted by Gasteiger charge is 2.15. The van der Waals surface area contributed by atoms with Gasteiger partial charge in [0.25, 0.3) is 0 Å². The fraction of sp³-hybridized carbons (Fsp3) is 0.455. The van der Waals surface area contributed by atoms with Crippen LogP contribution in [-0.4, -0.2) is 24.5 Å². The van der Waals surface area contributed by atoms with Crippen LogP contribution in [0.1, 0.15) is 26.5 Å². The number of carbonyl (C=O) groups is 1. The van der Waals surface area contributed by atoms with E-state index in [9.17, 15) is 4.79 Å². The number of hydrogen-bond donors (Lipinski definition) is 1. The number of carbonyl (C=O) groups excluding carboxylic acids is 1. The second-order valence-corrected chi connectivity index (χ2v) is 4.68. The number of hydrogen-bond acceptors (Lipinski definition) is 3. The van der Waals surface area contributed by atoms with E-state index >= 15 is 0 Å². The van der Waals surface area contributed by atoms with Crippen molar-refractivity contribution < 1.29 is 9.53 Å². The number of nitrogens with zero attached hydrogens (tertiary/aromatic N) is 1. The van der Waals surface area contributed by atoms with Gasteiger partial charge in [0, 0.05) is 6.20 Å². The van der Waals surface area contributed by atoms with Crippen molar-refractivity contribution in [2.24, 2.45) is 0 Å². The first-order valence-corrected chi connectivity index (χ1v) is 5.25. The van der Waals surface area contributed by atoms with Crippen molar-refractivity contribution >= 4 is 19.4 Å². The Bertz CT molecular complexity index is 357. The summed E-state index contributed by atoms with van der Waals surface area (Å²) in [5.41, 5.74) is 1.45. The first-order valence-electron chi connectivity index (χ1n) is 5.25. The SMILES string of the molecule is Bc1ccc(CNC(=O)OC(C)(C)C)nc1. The Balaban J connectivity index is 2.40. The molecule has 16 heavy (non-hydrogen) atoms. The van der Waals surface area contributed by atoms with Crippen molar-refractivity contribution in [3.63, 3.8) is 0 Å². The maximum absolute atomic E-state index is 11.3. The second-order valence-electron chi connectivity index (χ2n) is 4.68. The van der Waals surface area contributed by atoms with Crippen LogP contribution >= 0.6 is 0 Å². The molecule has 1 rings (SSSR count). The van der Waals surface area contributed by atoms with Crippen LogP contribution in [0.3, 0.4) is 0 Å². The Hall–Kier alpha value is -1.52. The molecule has 1 N–H and O–H groups in total. The number of alkyl carbamates (subject to hydrolysis) is 1. The highest BCUT2D eigenvalue weighted by Crippen LogP contribution is 2.06. The highest BCUT2D eigenvalue weighted by molar-refractivity contribution is 6.31. The van der Waals surface area contributed by atoms with E-state index in [1.807, 2.05) is 40.8 Å². The van der Waals surface area contributed by atoms with Gasteiger partial charge in [-0.25, -0.2) is 4.79 Å². The van der Waals surface area contributed by atoms with Gasteiger partial charge in [0.2, 0.25) is 0 Å². The van der Waals surface area contributed by atoms with E-state index in [0.29, 0.717) is 6.54 Å². The molecule has 4 nitrogen and oxygen atoms in total. The lowest BCUT2D eigenvalue weighted by Gasteiger charge is -2.19. The first kappa shape index (κ1) is 12.6. The minimum Gasteiger partial charge on any atom is -0.444 e. The number of rotatable bonds is 2. The largest absolute Gasteiger partial charge is 0.444 e. The summed E-state index contributed by atoms with van der Waals surface area (Å²) in [5, 5.41) is 2.65. The van der Waals surface area contributed by atoms with Gasteiger partial charge in [0.05, 0.1) is 12.2 Å². The lowest BCUT2D eigenvalue weighted by atomic mass is 9.99. The van der Waals surface area contributed by atoms with Crippen LogP contribution in [0.15, 0.2) is 18.3 Å². The number of nitrogens with one attached hydrogen (secondary N) is 1. The highest BCUT2D eigenvalue weighted by atomic mass is 16.6. The molecule has 1 heterocycles. The van der Waals surface area contributed by atoms with E-state index in [1.54, 1.807) is 6.20 Å². The lowest BCUT2D eigenvalue weighted by Crippen LogP contribution is -2.32. The average Bonchev–Trinajstić information content (AvgIpc) is 2.14. The van der Waals surface area contributed by atoms with E-state index in [1.165, 1.54) is 0 Å². The van der Waals surface area contributed by atoms with Gasteiger partial charge in [-0.05, 0) is 26.8 Å². The quantitative estimate of drug-likeness (QED) is 0.732. The Kier molecular flexibility index (Phi) is 3.93. The van der Waals surface area contributed by atoms with Gasteiger partial charge in [-0.2, -0.15) is 0 Å². The minimum atomic E-state index is -0.467. The summed E-state index contributed by atoms with van der Waals surface area (Å²) in [6.07, 6.45) is 1.35. The predicted octanol–water partition coefficient (Wildman–Crippen LogP) is 0.365. The molecule has 0 aliphatic carbocycles. The molecule has 0 aliphatic rings. The fourth-order valence-corrected chi connectivity index (χ4v) is 1.08. The summed E-state index contributed by atoms with van der Waals surface area (Å²) >= 11 is 0. The van der Waals surface area contributed by atoms with Gasteiger partial charge in [-0.15, -0.1) is 0 Å². The molecule has 0 saturated heterocycles. The molecule has 1 aromatic rings. The van der Waals surface area contributed by atoms with Gasteiger partial charge < -0.3 is 10.1 Å². The molecule has 0 aromatic carbocycles. The standard InChI is InChI=1S/C11H17BN2O2/c1-11(2,3)16-10(15)14-7-9-5-4-8(12)6-13-9/h4-6H,7,12H2,1-3H3,(H,14,15). The molecule has 0 saturated carbocycles. The monoisotopic (exact) mass is 220 g/mol. The minimum absolute atomic E-state index is 0.384. The van der Waals surface area contributed by atoms with Crippen LogP contribution in [0.2, 0.25) is 0 Å². The van der Waals surface area contributed by atoms with Crippen molar-refractivity contribution in [2.45, 2.75) is 32.9 Å². The molecule has 0 unspecified atom stereocenters. The van der Waals surface area contributed by atoms with Gasteiger partial charge in [0.1, 0.15) is 13.4 Å². The van der Waals surface area contributed by atoms with E-state index in [4.69, 9.17) is 4.74 Å². The van der Waals surface area contributed by atoms with Crippen molar-refractivity contribution in [1.29, 1.82) is 0 Å². The summed E-state index contributed by atoms with van der Waals surface area (Å²) < 4.78 is 5.11. The van der Waals surface area contributed by atoms with Crippen LogP contribution in [-0.2, 0) is 11.3 Å². The third-order valence-electron chi connectivity index (χ3n) is 1.79. The van der Waals surface area contributed by atoms with Crippen molar-refractivity contribution in [3.8, 4) is 0 Å². The zero-order chi connectivity index (χ0) is 12.2. The molecule has 5 heteroatoms. The van der Waals surface area contributed by atoms with Gasteiger partial charge in [0.15, 0.2) is 0 Å². The van der Waals surface area contributed by atoms with Crippen LogP contribution in [0, 0.1) is 0 Å². The molecule has 86 valence electrons. The third kappa shape index (κ3) is 4.82. The smallest absolute Gasteiger partial charge is 0.407 e. The summed E-state index contributed by atoms with van der Waals surface area (Å²) in [7, 11) is 1.97.